The van der Waals surface area contributed by atoms with Gasteiger partial charge in [0, 0.05) is 6.54 Å². The summed E-state index contributed by atoms with van der Waals surface area (Å²) in [6.45, 7) is 0.199. The fourth-order valence-electron chi connectivity index (χ4n) is 2.34. The van der Waals surface area contributed by atoms with Crippen molar-refractivity contribution in [1.82, 2.24) is 5.32 Å². The fraction of sp³-hybridized carbons (Fsp3) is 0.118. The number of rotatable bonds is 4. The zero-order valence-corrected chi connectivity index (χ0v) is 12.1. The molecular weight excluding hydrogens is 282 g/mol. The molecule has 1 heterocycles. The molecule has 0 aliphatic carbocycles. The van der Waals surface area contributed by atoms with E-state index in [4.69, 9.17) is 0 Å². The monoisotopic (exact) mass is 297 g/mol. The highest BCUT2D eigenvalue weighted by Crippen LogP contribution is 2.23. The predicted octanol–water partition coefficient (Wildman–Crippen LogP) is 3.36. The van der Waals surface area contributed by atoms with Crippen molar-refractivity contribution in [1.29, 1.82) is 0 Å². The van der Waals surface area contributed by atoms with Crippen molar-refractivity contribution in [3.63, 3.8) is 0 Å². The first-order chi connectivity index (χ1) is 10.3. The minimum Gasteiger partial charge on any atom is -0.387 e. The number of aliphatic hydroxyl groups is 1. The molecule has 0 aliphatic heterocycles. The number of nitrogens with one attached hydrogen (secondary N) is 1. The Morgan fingerprint density at radius 3 is 2.71 bits per heavy atom. The predicted molar refractivity (Wildman–Crippen MR) is 85.6 cm³/mol. The molecule has 2 N–H and O–H groups in total. The summed E-state index contributed by atoms with van der Waals surface area (Å²) in [4.78, 5) is 12.5. The SMILES string of the molecule is O=C(NC[C@@H](O)c1cccc2ccccc12)c1cccs1. The lowest BCUT2D eigenvalue weighted by atomic mass is 10.0. The second kappa shape index (κ2) is 6.08. The highest BCUT2D eigenvalue weighted by atomic mass is 32.1. The van der Waals surface area contributed by atoms with Crippen LogP contribution in [-0.2, 0) is 0 Å². The Morgan fingerprint density at radius 2 is 1.90 bits per heavy atom. The smallest absolute Gasteiger partial charge is 0.261 e. The third-order valence-corrected chi connectivity index (χ3v) is 4.25. The maximum atomic E-state index is 11.9. The zero-order chi connectivity index (χ0) is 14.7. The summed E-state index contributed by atoms with van der Waals surface area (Å²) in [6.07, 6.45) is -0.722. The lowest BCUT2D eigenvalue weighted by Crippen LogP contribution is -2.27. The Hall–Kier alpha value is -2.17. The Labute approximate surface area is 126 Å². The van der Waals surface area contributed by atoms with Gasteiger partial charge in [0.1, 0.15) is 0 Å². The lowest BCUT2D eigenvalue weighted by Gasteiger charge is -2.14. The van der Waals surface area contributed by atoms with E-state index in [-0.39, 0.29) is 12.5 Å². The largest absolute Gasteiger partial charge is 0.387 e. The molecule has 0 radical (unpaired) electrons. The Kier molecular flexibility index (Phi) is 3.99. The average molecular weight is 297 g/mol. The number of thiophene rings is 1. The van der Waals surface area contributed by atoms with E-state index in [9.17, 15) is 9.90 Å². The van der Waals surface area contributed by atoms with Crippen molar-refractivity contribution >= 4 is 28.0 Å². The number of fused-ring (bicyclic) bond motifs is 1. The third-order valence-electron chi connectivity index (χ3n) is 3.38. The Balaban J connectivity index is 1.75. The highest BCUT2D eigenvalue weighted by molar-refractivity contribution is 7.12. The Morgan fingerprint density at radius 1 is 1.10 bits per heavy atom. The number of carbonyl (C=O) groups excluding carboxylic acids is 1. The van der Waals surface area contributed by atoms with Gasteiger partial charge in [-0.05, 0) is 27.8 Å². The highest BCUT2D eigenvalue weighted by Gasteiger charge is 2.13. The summed E-state index contributed by atoms with van der Waals surface area (Å²) < 4.78 is 0. The second-order valence-corrected chi connectivity index (χ2v) is 5.72. The van der Waals surface area contributed by atoms with Crippen LogP contribution in [-0.4, -0.2) is 17.6 Å². The molecule has 1 amide bonds. The quantitative estimate of drug-likeness (QED) is 0.775. The van der Waals surface area contributed by atoms with E-state index in [2.05, 4.69) is 5.32 Å². The number of benzene rings is 2. The summed E-state index contributed by atoms with van der Waals surface area (Å²) in [7, 11) is 0. The van der Waals surface area contributed by atoms with Gasteiger partial charge in [0.25, 0.3) is 5.91 Å². The van der Waals surface area contributed by atoms with E-state index in [0.29, 0.717) is 4.88 Å². The fourth-order valence-corrected chi connectivity index (χ4v) is 2.98. The number of amides is 1. The minimum atomic E-state index is -0.722. The molecule has 2 aromatic carbocycles. The summed E-state index contributed by atoms with van der Waals surface area (Å²) in [5.41, 5.74) is 0.833. The van der Waals surface area contributed by atoms with Crippen molar-refractivity contribution in [2.45, 2.75) is 6.10 Å². The summed E-state index contributed by atoms with van der Waals surface area (Å²) in [5, 5.41) is 17.1. The van der Waals surface area contributed by atoms with E-state index in [1.165, 1.54) is 11.3 Å². The molecule has 3 nitrogen and oxygen atoms in total. The minimum absolute atomic E-state index is 0.149. The van der Waals surface area contributed by atoms with Crippen molar-refractivity contribution in [3.05, 3.63) is 70.4 Å². The molecule has 0 spiro atoms. The third kappa shape index (κ3) is 2.96. The number of carbonyl (C=O) groups is 1. The van der Waals surface area contributed by atoms with Gasteiger partial charge in [-0.15, -0.1) is 11.3 Å². The van der Waals surface area contributed by atoms with Crippen LogP contribution in [0.4, 0.5) is 0 Å². The number of aliphatic hydroxyl groups excluding tert-OH is 1. The molecule has 3 rings (SSSR count). The van der Waals surface area contributed by atoms with Crippen LogP contribution in [0.3, 0.4) is 0 Å². The van der Waals surface area contributed by atoms with Gasteiger partial charge in [0.05, 0.1) is 11.0 Å². The molecule has 0 fully saturated rings. The number of hydrogen-bond donors (Lipinski definition) is 2. The van der Waals surface area contributed by atoms with Gasteiger partial charge in [-0.2, -0.15) is 0 Å². The van der Waals surface area contributed by atoms with E-state index in [1.54, 1.807) is 6.07 Å². The van der Waals surface area contributed by atoms with Gasteiger partial charge in [0.15, 0.2) is 0 Å². The first-order valence-electron chi connectivity index (χ1n) is 6.73. The van der Waals surface area contributed by atoms with Gasteiger partial charge >= 0.3 is 0 Å². The van der Waals surface area contributed by atoms with Crippen LogP contribution in [0.1, 0.15) is 21.3 Å². The van der Waals surface area contributed by atoms with Gasteiger partial charge in [-0.1, -0.05) is 48.5 Å². The Bertz CT molecular complexity index is 747. The maximum Gasteiger partial charge on any atom is 0.261 e. The summed E-state index contributed by atoms with van der Waals surface area (Å²) in [6, 6.07) is 17.3. The first-order valence-corrected chi connectivity index (χ1v) is 7.61. The standard InChI is InChI=1S/C17H15NO2S/c19-15(11-18-17(20)16-9-4-10-21-16)14-8-3-6-12-5-1-2-7-13(12)14/h1-10,15,19H,11H2,(H,18,20)/t15-/m1/s1. The van der Waals surface area contributed by atoms with Crippen LogP contribution >= 0.6 is 11.3 Å². The van der Waals surface area contributed by atoms with Crippen molar-refractivity contribution in [2.24, 2.45) is 0 Å². The molecule has 0 bridgehead atoms. The van der Waals surface area contributed by atoms with Crippen LogP contribution in [0.5, 0.6) is 0 Å². The van der Waals surface area contributed by atoms with E-state index >= 15 is 0 Å². The van der Waals surface area contributed by atoms with E-state index in [1.807, 2.05) is 53.9 Å². The van der Waals surface area contributed by atoms with Crippen LogP contribution in [0, 0.1) is 0 Å². The molecule has 0 saturated carbocycles. The molecular formula is C17H15NO2S. The molecule has 106 valence electrons. The normalized spacial score (nSPS) is 12.2. The molecule has 0 unspecified atom stereocenters. The van der Waals surface area contributed by atoms with Crippen molar-refractivity contribution in [2.75, 3.05) is 6.54 Å². The van der Waals surface area contributed by atoms with Gasteiger partial charge in [-0.3, -0.25) is 4.79 Å². The van der Waals surface area contributed by atoms with Crippen LogP contribution in [0.2, 0.25) is 0 Å². The summed E-state index contributed by atoms with van der Waals surface area (Å²) >= 11 is 1.39. The van der Waals surface area contributed by atoms with Crippen LogP contribution < -0.4 is 5.32 Å². The summed E-state index contributed by atoms with van der Waals surface area (Å²) in [5.74, 6) is -0.149. The van der Waals surface area contributed by atoms with E-state index in [0.717, 1.165) is 16.3 Å². The lowest BCUT2D eigenvalue weighted by molar-refractivity contribution is 0.0921. The molecule has 3 aromatic rings. The van der Waals surface area contributed by atoms with Gasteiger partial charge in [-0.25, -0.2) is 0 Å². The van der Waals surface area contributed by atoms with Crippen molar-refractivity contribution < 1.29 is 9.90 Å². The maximum absolute atomic E-state index is 11.9. The average Bonchev–Trinajstić information content (AvgIpc) is 3.06. The van der Waals surface area contributed by atoms with Crippen LogP contribution in [0.15, 0.2) is 60.0 Å². The molecule has 1 atom stereocenters. The van der Waals surface area contributed by atoms with Gasteiger partial charge in [0.2, 0.25) is 0 Å². The van der Waals surface area contributed by atoms with E-state index < -0.39 is 6.10 Å². The molecule has 4 heteroatoms. The molecule has 1 aromatic heterocycles. The molecule has 0 saturated heterocycles. The van der Waals surface area contributed by atoms with Crippen LogP contribution in [0.25, 0.3) is 10.8 Å². The molecule has 21 heavy (non-hydrogen) atoms. The van der Waals surface area contributed by atoms with Crippen molar-refractivity contribution in [3.8, 4) is 0 Å². The van der Waals surface area contributed by atoms with Gasteiger partial charge < -0.3 is 10.4 Å². The second-order valence-electron chi connectivity index (χ2n) is 4.77. The topological polar surface area (TPSA) is 49.3 Å². The molecule has 0 aliphatic rings. The zero-order valence-electron chi connectivity index (χ0n) is 11.3. The number of hydrogen-bond acceptors (Lipinski definition) is 3. The first kappa shape index (κ1) is 13.8.